The molecule has 110 valence electrons. The van der Waals surface area contributed by atoms with Gasteiger partial charge in [-0.15, -0.1) is 0 Å². The summed E-state index contributed by atoms with van der Waals surface area (Å²) in [6.07, 6.45) is 0.455. The van der Waals surface area contributed by atoms with Gasteiger partial charge in [-0.3, -0.25) is 4.79 Å². The summed E-state index contributed by atoms with van der Waals surface area (Å²) in [4.78, 5) is 26.1. The second kappa shape index (κ2) is 6.17. The summed E-state index contributed by atoms with van der Waals surface area (Å²) in [5, 5.41) is 2.33. The fraction of sp³-hybridized carbons (Fsp3) is 0.143. The van der Waals surface area contributed by atoms with Gasteiger partial charge in [0.25, 0.3) is 5.91 Å². The first-order chi connectivity index (χ1) is 9.97. The molecule has 1 aromatic carbocycles. The Morgan fingerprint density at radius 1 is 1.24 bits per heavy atom. The molecule has 0 spiro atoms. The third-order valence-corrected chi connectivity index (χ3v) is 2.66. The zero-order valence-corrected chi connectivity index (χ0v) is 11.0. The summed E-state index contributed by atoms with van der Waals surface area (Å²) in [6.45, 7) is 1.37. The number of nitrogens with one attached hydrogen (secondary N) is 2. The number of H-pyrrole nitrogens is 1. The van der Waals surface area contributed by atoms with E-state index in [2.05, 4.69) is 10.3 Å². The maximum Gasteiger partial charge on any atom is 0.355 e. The maximum atomic E-state index is 13.0. The highest BCUT2D eigenvalue weighted by molar-refractivity contribution is 5.96. The second-order valence-electron chi connectivity index (χ2n) is 4.25. The number of amides is 1. The van der Waals surface area contributed by atoms with Crippen molar-refractivity contribution in [1.82, 2.24) is 4.98 Å². The van der Waals surface area contributed by atoms with Crippen molar-refractivity contribution in [3.8, 4) is 0 Å². The molecule has 1 aromatic heterocycles. The highest BCUT2D eigenvalue weighted by atomic mass is 19.2. The Morgan fingerprint density at radius 2 is 2.00 bits per heavy atom. The lowest BCUT2D eigenvalue weighted by molar-refractivity contribution is -0.123. The molecule has 2 N–H and O–H groups in total. The van der Waals surface area contributed by atoms with Crippen molar-refractivity contribution < 1.29 is 23.1 Å². The zero-order chi connectivity index (χ0) is 15.4. The van der Waals surface area contributed by atoms with Crippen LogP contribution in [-0.4, -0.2) is 23.0 Å². The SMILES string of the molecule is C[C@H](OC(=O)c1ccc[nH]1)C(=O)Nc1ccc(F)c(F)c1. The van der Waals surface area contributed by atoms with Crippen LogP contribution >= 0.6 is 0 Å². The number of hydrogen-bond acceptors (Lipinski definition) is 3. The van der Waals surface area contributed by atoms with Crippen LogP contribution in [0.1, 0.15) is 17.4 Å². The number of carbonyl (C=O) groups is 2. The Morgan fingerprint density at radius 3 is 2.62 bits per heavy atom. The minimum Gasteiger partial charge on any atom is -0.448 e. The Kier molecular flexibility index (Phi) is 4.32. The van der Waals surface area contributed by atoms with Crippen molar-refractivity contribution in [2.75, 3.05) is 5.32 Å². The quantitative estimate of drug-likeness (QED) is 0.851. The third-order valence-electron chi connectivity index (χ3n) is 2.66. The standard InChI is InChI=1S/C14H12F2N2O3/c1-8(21-14(20)12-3-2-6-17-12)13(19)18-9-4-5-10(15)11(16)7-9/h2-8,17H,1H3,(H,18,19)/t8-/m0/s1. The molecule has 1 heterocycles. The van der Waals surface area contributed by atoms with Gasteiger partial charge in [-0.05, 0) is 31.2 Å². The minimum absolute atomic E-state index is 0.0710. The lowest BCUT2D eigenvalue weighted by Gasteiger charge is -2.13. The van der Waals surface area contributed by atoms with E-state index < -0.39 is 29.6 Å². The van der Waals surface area contributed by atoms with E-state index in [-0.39, 0.29) is 11.4 Å². The first-order valence-electron chi connectivity index (χ1n) is 6.07. The summed E-state index contributed by atoms with van der Waals surface area (Å²) in [5.41, 5.74) is 0.282. The molecule has 0 saturated carbocycles. The van der Waals surface area contributed by atoms with Crippen LogP contribution < -0.4 is 5.32 Å². The first kappa shape index (κ1) is 14.7. The van der Waals surface area contributed by atoms with Gasteiger partial charge in [-0.2, -0.15) is 0 Å². The van der Waals surface area contributed by atoms with E-state index in [0.29, 0.717) is 0 Å². The number of benzene rings is 1. The van der Waals surface area contributed by atoms with Crippen LogP contribution in [0.4, 0.5) is 14.5 Å². The molecule has 7 heteroatoms. The smallest absolute Gasteiger partial charge is 0.355 e. The number of ether oxygens (including phenoxy) is 1. The number of halogens is 2. The molecule has 0 aliphatic rings. The first-order valence-corrected chi connectivity index (χ1v) is 6.07. The predicted octanol–water partition coefficient (Wildman–Crippen LogP) is 2.48. The largest absolute Gasteiger partial charge is 0.448 e. The van der Waals surface area contributed by atoms with Crippen molar-refractivity contribution in [2.45, 2.75) is 13.0 Å². The average molecular weight is 294 g/mol. The van der Waals surface area contributed by atoms with Gasteiger partial charge in [0.2, 0.25) is 0 Å². The summed E-state index contributed by atoms with van der Waals surface area (Å²) < 4.78 is 30.7. The molecule has 2 aromatic rings. The molecule has 21 heavy (non-hydrogen) atoms. The average Bonchev–Trinajstić information content (AvgIpc) is 2.97. The van der Waals surface area contributed by atoms with E-state index in [4.69, 9.17) is 4.74 Å². The molecular formula is C14H12F2N2O3. The van der Waals surface area contributed by atoms with E-state index in [9.17, 15) is 18.4 Å². The van der Waals surface area contributed by atoms with Crippen LogP contribution in [0.3, 0.4) is 0 Å². The molecule has 0 bridgehead atoms. The van der Waals surface area contributed by atoms with Gasteiger partial charge in [-0.1, -0.05) is 0 Å². The van der Waals surface area contributed by atoms with Crippen LogP contribution in [0.25, 0.3) is 0 Å². The van der Waals surface area contributed by atoms with Crippen molar-refractivity contribution in [1.29, 1.82) is 0 Å². The molecule has 0 unspecified atom stereocenters. The van der Waals surface area contributed by atoms with Gasteiger partial charge in [0.15, 0.2) is 17.7 Å². The molecule has 1 atom stereocenters. The number of anilines is 1. The molecule has 5 nitrogen and oxygen atoms in total. The van der Waals surface area contributed by atoms with Gasteiger partial charge in [0.1, 0.15) is 5.69 Å². The highest BCUT2D eigenvalue weighted by Crippen LogP contribution is 2.14. The lowest BCUT2D eigenvalue weighted by Crippen LogP contribution is -2.30. The number of aromatic amines is 1. The molecular weight excluding hydrogens is 282 g/mol. The molecule has 2 rings (SSSR count). The Labute approximate surface area is 118 Å². The van der Waals surface area contributed by atoms with E-state index in [1.807, 2.05) is 0 Å². The number of aromatic nitrogens is 1. The summed E-state index contributed by atoms with van der Waals surface area (Å²) in [7, 11) is 0. The maximum absolute atomic E-state index is 13.0. The second-order valence-corrected chi connectivity index (χ2v) is 4.25. The molecule has 0 aliphatic heterocycles. The summed E-state index contributed by atoms with van der Waals surface area (Å²) >= 11 is 0. The summed E-state index contributed by atoms with van der Waals surface area (Å²) in [6, 6.07) is 6.05. The normalized spacial score (nSPS) is 11.8. The molecule has 0 aliphatic carbocycles. The van der Waals surface area contributed by atoms with E-state index >= 15 is 0 Å². The van der Waals surface area contributed by atoms with Crippen molar-refractivity contribution in [3.05, 3.63) is 53.9 Å². The zero-order valence-electron chi connectivity index (χ0n) is 11.0. The highest BCUT2D eigenvalue weighted by Gasteiger charge is 2.19. The number of hydrogen-bond donors (Lipinski definition) is 2. The van der Waals surface area contributed by atoms with Gasteiger partial charge >= 0.3 is 5.97 Å². The number of esters is 1. The van der Waals surface area contributed by atoms with Crippen LogP contribution in [0.15, 0.2) is 36.5 Å². The van der Waals surface area contributed by atoms with Crippen LogP contribution in [0, 0.1) is 11.6 Å². The molecule has 0 saturated heterocycles. The van der Waals surface area contributed by atoms with Crippen LogP contribution in [0.2, 0.25) is 0 Å². The Hall–Kier alpha value is -2.70. The number of carbonyl (C=O) groups excluding carboxylic acids is 2. The summed E-state index contributed by atoms with van der Waals surface area (Å²) in [5.74, 6) is -3.43. The third kappa shape index (κ3) is 3.65. The predicted molar refractivity (Wildman–Crippen MR) is 70.7 cm³/mol. The van der Waals surface area contributed by atoms with Gasteiger partial charge in [-0.25, -0.2) is 13.6 Å². The van der Waals surface area contributed by atoms with Gasteiger partial charge in [0.05, 0.1) is 0 Å². The van der Waals surface area contributed by atoms with Crippen molar-refractivity contribution in [2.24, 2.45) is 0 Å². The van der Waals surface area contributed by atoms with Crippen molar-refractivity contribution in [3.63, 3.8) is 0 Å². The number of rotatable bonds is 4. The van der Waals surface area contributed by atoms with E-state index in [0.717, 1.165) is 12.1 Å². The minimum atomic E-state index is -1.09. The lowest BCUT2D eigenvalue weighted by atomic mass is 10.2. The fourth-order valence-corrected chi connectivity index (χ4v) is 1.55. The molecule has 0 radical (unpaired) electrons. The van der Waals surface area contributed by atoms with Crippen LogP contribution in [0.5, 0.6) is 0 Å². The topological polar surface area (TPSA) is 71.2 Å². The van der Waals surface area contributed by atoms with Gasteiger partial charge in [0, 0.05) is 18.0 Å². The van der Waals surface area contributed by atoms with E-state index in [1.54, 1.807) is 12.3 Å². The van der Waals surface area contributed by atoms with Crippen LogP contribution in [-0.2, 0) is 9.53 Å². The fourth-order valence-electron chi connectivity index (χ4n) is 1.55. The molecule has 0 fully saturated rings. The Bertz CT molecular complexity index is 656. The van der Waals surface area contributed by atoms with Crippen molar-refractivity contribution >= 4 is 17.6 Å². The van der Waals surface area contributed by atoms with E-state index in [1.165, 1.54) is 19.1 Å². The monoisotopic (exact) mass is 294 g/mol. The molecule has 1 amide bonds. The Balaban J connectivity index is 1.96. The van der Waals surface area contributed by atoms with Gasteiger partial charge < -0.3 is 15.0 Å².